The largest absolute Gasteiger partial charge is 0.497 e. The Kier molecular flexibility index (Phi) is 5.66. The lowest BCUT2D eigenvalue weighted by molar-refractivity contribution is 0.102. The number of para-hydroxylation sites is 2. The molecule has 1 N–H and O–H groups in total. The Morgan fingerprint density at radius 1 is 0.912 bits per heavy atom. The lowest BCUT2D eigenvalue weighted by Gasteiger charge is -2.11. The number of hydrogen-bond donors (Lipinski definition) is 1. The molecule has 0 spiro atoms. The highest BCUT2D eigenvalue weighted by molar-refractivity contribution is 6.11. The van der Waals surface area contributed by atoms with Crippen molar-refractivity contribution in [2.75, 3.05) is 19.5 Å². The van der Waals surface area contributed by atoms with Gasteiger partial charge in [-0.2, -0.15) is 5.10 Å². The number of amides is 1. The van der Waals surface area contributed by atoms with E-state index in [1.807, 2.05) is 66.7 Å². The number of hydrogen-bond acceptors (Lipinski definition) is 5. The van der Waals surface area contributed by atoms with Crippen LogP contribution in [0.2, 0.25) is 0 Å². The van der Waals surface area contributed by atoms with Crippen LogP contribution < -0.4 is 14.8 Å². The Bertz CT molecular complexity index is 1470. The van der Waals surface area contributed by atoms with Gasteiger partial charge in [0.05, 0.1) is 36.7 Å². The molecule has 0 saturated carbocycles. The predicted molar refractivity (Wildman–Crippen MR) is 132 cm³/mol. The first-order valence-corrected chi connectivity index (χ1v) is 10.7. The van der Waals surface area contributed by atoms with Gasteiger partial charge in [0.1, 0.15) is 17.2 Å². The minimum Gasteiger partial charge on any atom is -0.497 e. The van der Waals surface area contributed by atoms with Crippen molar-refractivity contribution >= 4 is 22.5 Å². The molecule has 0 aliphatic rings. The lowest BCUT2D eigenvalue weighted by atomic mass is 10.1. The van der Waals surface area contributed by atoms with Crippen LogP contribution in [0.15, 0.2) is 91.3 Å². The summed E-state index contributed by atoms with van der Waals surface area (Å²) in [6, 6.07) is 24.5. The number of aromatic nitrogens is 3. The van der Waals surface area contributed by atoms with E-state index in [-0.39, 0.29) is 5.91 Å². The number of methoxy groups -OCH3 is 2. The summed E-state index contributed by atoms with van der Waals surface area (Å²) in [4.78, 5) is 18.0. The maximum atomic E-state index is 13.6. The Labute approximate surface area is 196 Å². The predicted octanol–water partition coefficient (Wildman–Crippen LogP) is 5.36. The minimum absolute atomic E-state index is 0.305. The van der Waals surface area contributed by atoms with Gasteiger partial charge in [-0.15, -0.1) is 0 Å². The van der Waals surface area contributed by atoms with Gasteiger partial charge in [-0.1, -0.05) is 36.4 Å². The number of rotatable bonds is 6. The van der Waals surface area contributed by atoms with Gasteiger partial charge in [-0.05, 0) is 42.5 Å². The number of ether oxygens (including phenoxy) is 2. The van der Waals surface area contributed by atoms with Crippen LogP contribution in [-0.4, -0.2) is 34.9 Å². The van der Waals surface area contributed by atoms with Gasteiger partial charge in [0.2, 0.25) is 0 Å². The van der Waals surface area contributed by atoms with Gasteiger partial charge in [0.15, 0.2) is 0 Å². The van der Waals surface area contributed by atoms with Gasteiger partial charge >= 0.3 is 0 Å². The summed E-state index contributed by atoms with van der Waals surface area (Å²) in [7, 11) is 3.18. The maximum absolute atomic E-state index is 13.6. The van der Waals surface area contributed by atoms with Crippen molar-refractivity contribution in [2.45, 2.75) is 0 Å². The monoisotopic (exact) mass is 450 g/mol. The van der Waals surface area contributed by atoms with Crippen LogP contribution in [0.3, 0.4) is 0 Å². The topological polar surface area (TPSA) is 78.3 Å². The molecule has 3 aromatic carbocycles. The normalized spacial score (nSPS) is 10.8. The second kappa shape index (κ2) is 9.07. The third kappa shape index (κ3) is 3.95. The SMILES string of the molecule is COc1ccc(OC)c(-c2nn(-c3ccccc3)cc2C(=O)Nc2cccc3cccnc23)c1. The first-order valence-electron chi connectivity index (χ1n) is 10.7. The van der Waals surface area contributed by atoms with Crippen LogP contribution in [0, 0.1) is 0 Å². The molecule has 5 rings (SSSR count). The minimum atomic E-state index is -0.305. The maximum Gasteiger partial charge on any atom is 0.259 e. The third-order valence-corrected chi connectivity index (χ3v) is 5.52. The van der Waals surface area contributed by atoms with Crippen molar-refractivity contribution in [3.8, 4) is 28.4 Å². The molecule has 0 fully saturated rings. The fourth-order valence-corrected chi connectivity index (χ4v) is 3.85. The van der Waals surface area contributed by atoms with E-state index in [2.05, 4.69) is 10.3 Å². The molecule has 1 amide bonds. The van der Waals surface area contributed by atoms with Gasteiger partial charge in [0, 0.05) is 23.3 Å². The van der Waals surface area contributed by atoms with Gasteiger partial charge in [0.25, 0.3) is 5.91 Å². The molecule has 2 heterocycles. The van der Waals surface area contributed by atoms with Gasteiger partial charge < -0.3 is 14.8 Å². The molecule has 7 heteroatoms. The second-order valence-electron chi connectivity index (χ2n) is 7.57. The van der Waals surface area contributed by atoms with E-state index in [4.69, 9.17) is 14.6 Å². The van der Waals surface area contributed by atoms with E-state index >= 15 is 0 Å². The summed E-state index contributed by atoms with van der Waals surface area (Å²) < 4.78 is 12.7. The van der Waals surface area contributed by atoms with Crippen molar-refractivity contribution in [1.82, 2.24) is 14.8 Å². The number of fused-ring (bicyclic) bond motifs is 1. The summed E-state index contributed by atoms with van der Waals surface area (Å²) >= 11 is 0. The molecule has 0 aliphatic heterocycles. The zero-order valence-corrected chi connectivity index (χ0v) is 18.7. The van der Waals surface area contributed by atoms with E-state index < -0.39 is 0 Å². The molecule has 0 bridgehead atoms. The van der Waals surface area contributed by atoms with E-state index in [0.717, 1.165) is 11.1 Å². The van der Waals surface area contributed by atoms with E-state index in [1.54, 1.807) is 43.4 Å². The smallest absolute Gasteiger partial charge is 0.259 e. The molecular formula is C27H22N4O3. The van der Waals surface area contributed by atoms with Crippen LogP contribution in [0.5, 0.6) is 11.5 Å². The summed E-state index contributed by atoms with van der Waals surface area (Å²) in [5, 5.41) is 8.72. The molecule has 0 atom stereocenters. The molecule has 7 nitrogen and oxygen atoms in total. The lowest BCUT2D eigenvalue weighted by Crippen LogP contribution is -2.13. The summed E-state index contributed by atoms with van der Waals surface area (Å²) in [5.74, 6) is 0.912. The van der Waals surface area contributed by atoms with Crippen molar-refractivity contribution in [3.63, 3.8) is 0 Å². The standard InChI is InChI=1S/C27H22N4O3/c1-33-20-13-14-24(34-2)21(16-20)26-22(17-31(30-26)19-10-4-3-5-11-19)27(32)29-23-12-6-8-18-9-7-15-28-25(18)23/h3-17H,1-2H3,(H,29,32). The molecular weight excluding hydrogens is 428 g/mol. The average molecular weight is 450 g/mol. The summed E-state index contributed by atoms with van der Waals surface area (Å²) in [5.41, 5.74) is 3.69. The van der Waals surface area contributed by atoms with Crippen molar-refractivity contribution in [3.05, 3.63) is 96.8 Å². The number of nitrogens with zero attached hydrogens (tertiary/aromatic N) is 3. The summed E-state index contributed by atoms with van der Waals surface area (Å²) in [6.07, 6.45) is 3.43. The number of nitrogens with one attached hydrogen (secondary N) is 1. The highest BCUT2D eigenvalue weighted by Crippen LogP contribution is 2.35. The first kappa shape index (κ1) is 21.2. The molecule has 0 saturated heterocycles. The molecule has 0 aliphatic carbocycles. The first-order chi connectivity index (χ1) is 16.7. The number of carbonyl (C=O) groups excluding carboxylic acids is 1. The third-order valence-electron chi connectivity index (χ3n) is 5.52. The summed E-state index contributed by atoms with van der Waals surface area (Å²) in [6.45, 7) is 0. The van der Waals surface area contributed by atoms with Crippen LogP contribution in [0.4, 0.5) is 5.69 Å². The fourth-order valence-electron chi connectivity index (χ4n) is 3.85. The zero-order chi connectivity index (χ0) is 23.5. The molecule has 2 aromatic heterocycles. The Morgan fingerprint density at radius 2 is 1.74 bits per heavy atom. The van der Waals surface area contributed by atoms with Crippen molar-refractivity contribution in [1.29, 1.82) is 0 Å². The highest BCUT2D eigenvalue weighted by Gasteiger charge is 2.22. The number of anilines is 1. The Balaban J connectivity index is 1.64. The van der Waals surface area contributed by atoms with Crippen LogP contribution in [0.1, 0.15) is 10.4 Å². The van der Waals surface area contributed by atoms with Gasteiger partial charge in [-0.3, -0.25) is 9.78 Å². The molecule has 34 heavy (non-hydrogen) atoms. The highest BCUT2D eigenvalue weighted by atomic mass is 16.5. The Morgan fingerprint density at radius 3 is 2.53 bits per heavy atom. The number of carbonyl (C=O) groups is 1. The quantitative estimate of drug-likeness (QED) is 0.377. The van der Waals surface area contributed by atoms with Crippen molar-refractivity contribution in [2.24, 2.45) is 0 Å². The second-order valence-corrected chi connectivity index (χ2v) is 7.57. The van der Waals surface area contributed by atoms with Crippen LogP contribution in [-0.2, 0) is 0 Å². The number of benzene rings is 3. The van der Waals surface area contributed by atoms with Crippen molar-refractivity contribution < 1.29 is 14.3 Å². The molecule has 0 radical (unpaired) electrons. The van der Waals surface area contributed by atoms with E-state index in [0.29, 0.717) is 39.5 Å². The zero-order valence-electron chi connectivity index (χ0n) is 18.7. The number of pyridine rings is 1. The van der Waals surface area contributed by atoms with E-state index in [9.17, 15) is 4.79 Å². The van der Waals surface area contributed by atoms with E-state index in [1.165, 1.54) is 0 Å². The fraction of sp³-hybridized carbons (Fsp3) is 0.0741. The molecule has 168 valence electrons. The van der Waals surface area contributed by atoms with Crippen LogP contribution in [0.25, 0.3) is 27.8 Å². The molecule has 5 aromatic rings. The van der Waals surface area contributed by atoms with Crippen LogP contribution >= 0.6 is 0 Å². The van der Waals surface area contributed by atoms with Gasteiger partial charge in [-0.25, -0.2) is 4.68 Å². The average Bonchev–Trinajstić information content (AvgIpc) is 3.35. The molecule has 0 unspecified atom stereocenters. The Hall–Kier alpha value is -4.65.